The highest BCUT2D eigenvalue weighted by Gasteiger charge is 2.15. The summed E-state index contributed by atoms with van der Waals surface area (Å²) >= 11 is 3.06. The molecular formula is C13H12N2O2S2. The second kappa shape index (κ2) is 5.24. The second-order valence-electron chi connectivity index (χ2n) is 3.83. The smallest absolute Gasteiger partial charge is 0.195 e. The number of imidazole rings is 1. The van der Waals surface area contributed by atoms with Crippen LogP contribution >= 0.6 is 23.1 Å². The van der Waals surface area contributed by atoms with Crippen LogP contribution in [0.4, 0.5) is 0 Å². The standard InChI is InChI=1S/C13H12N2O2S2/c1-17-10-4-2-3-5-11(10)19-12-9(8-16)15-6-7-18-13(15)14-12/h2-7,16H,8H2,1H3. The van der Waals surface area contributed by atoms with Crippen molar-refractivity contribution in [3.05, 3.63) is 41.5 Å². The molecule has 0 aliphatic carbocycles. The summed E-state index contributed by atoms with van der Waals surface area (Å²) in [6.45, 7) is -0.0324. The van der Waals surface area contributed by atoms with Crippen LogP contribution in [-0.2, 0) is 6.61 Å². The van der Waals surface area contributed by atoms with Crippen molar-refractivity contribution in [1.82, 2.24) is 9.38 Å². The number of hydrogen-bond donors (Lipinski definition) is 1. The number of aliphatic hydroxyl groups is 1. The van der Waals surface area contributed by atoms with Gasteiger partial charge in [0.2, 0.25) is 0 Å². The molecule has 0 bridgehead atoms. The normalized spacial score (nSPS) is 11.1. The van der Waals surface area contributed by atoms with E-state index in [1.807, 2.05) is 40.2 Å². The molecule has 1 N–H and O–H groups in total. The fraction of sp³-hybridized carbons (Fsp3) is 0.154. The van der Waals surface area contributed by atoms with E-state index in [2.05, 4.69) is 4.98 Å². The predicted octanol–water partition coefficient (Wildman–Crippen LogP) is 3.05. The summed E-state index contributed by atoms with van der Waals surface area (Å²) in [5.41, 5.74) is 0.812. The van der Waals surface area contributed by atoms with E-state index in [9.17, 15) is 5.11 Å². The van der Waals surface area contributed by atoms with Crippen LogP contribution in [-0.4, -0.2) is 21.6 Å². The van der Waals surface area contributed by atoms with Gasteiger partial charge < -0.3 is 9.84 Å². The van der Waals surface area contributed by atoms with E-state index in [-0.39, 0.29) is 6.61 Å². The quantitative estimate of drug-likeness (QED) is 0.803. The topological polar surface area (TPSA) is 46.8 Å². The first-order chi connectivity index (χ1) is 9.33. The Kier molecular flexibility index (Phi) is 3.46. The van der Waals surface area contributed by atoms with Crippen molar-refractivity contribution < 1.29 is 9.84 Å². The van der Waals surface area contributed by atoms with Crippen LogP contribution in [0, 0.1) is 0 Å². The maximum absolute atomic E-state index is 9.53. The summed E-state index contributed by atoms with van der Waals surface area (Å²) in [5.74, 6) is 0.813. The van der Waals surface area contributed by atoms with Crippen LogP contribution in [0.5, 0.6) is 5.75 Å². The van der Waals surface area contributed by atoms with Crippen LogP contribution in [0.2, 0.25) is 0 Å². The van der Waals surface area contributed by atoms with Gasteiger partial charge in [-0.1, -0.05) is 23.9 Å². The highest BCUT2D eigenvalue weighted by atomic mass is 32.2. The molecule has 0 aliphatic heterocycles. The number of benzene rings is 1. The van der Waals surface area contributed by atoms with Crippen molar-refractivity contribution in [2.45, 2.75) is 16.5 Å². The minimum absolute atomic E-state index is 0.0324. The van der Waals surface area contributed by atoms with Gasteiger partial charge in [0.1, 0.15) is 10.8 Å². The third-order valence-corrected chi connectivity index (χ3v) is 4.58. The zero-order valence-electron chi connectivity index (χ0n) is 10.2. The molecule has 0 fully saturated rings. The van der Waals surface area contributed by atoms with E-state index < -0.39 is 0 Å². The molecule has 0 saturated heterocycles. The first-order valence-corrected chi connectivity index (χ1v) is 7.39. The number of fused-ring (bicyclic) bond motifs is 1. The van der Waals surface area contributed by atoms with Crippen molar-refractivity contribution in [2.24, 2.45) is 0 Å². The molecule has 98 valence electrons. The number of ether oxygens (including phenoxy) is 1. The lowest BCUT2D eigenvalue weighted by Gasteiger charge is -2.06. The molecule has 3 aromatic rings. The summed E-state index contributed by atoms with van der Waals surface area (Å²) < 4.78 is 7.25. The predicted molar refractivity (Wildman–Crippen MR) is 76.1 cm³/mol. The molecule has 6 heteroatoms. The zero-order chi connectivity index (χ0) is 13.2. The lowest BCUT2D eigenvalue weighted by Crippen LogP contribution is -1.91. The third-order valence-electron chi connectivity index (χ3n) is 2.75. The molecule has 19 heavy (non-hydrogen) atoms. The van der Waals surface area contributed by atoms with E-state index in [1.165, 1.54) is 11.8 Å². The Bertz CT molecular complexity index is 706. The molecule has 2 aromatic heterocycles. The largest absolute Gasteiger partial charge is 0.496 e. The fourth-order valence-corrected chi connectivity index (χ4v) is 3.66. The van der Waals surface area contributed by atoms with E-state index in [0.29, 0.717) is 0 Å². The van der Waals surface area contributed by atoms with Crippen LogP contribution in [0.15, 0.2) is 45.8 Å². The molecule has 4 nitrogen and oxygen atoms in total. The average Bonchev–Trinajstić information content (AvgIpc) is 2.99. The summed E-state index contributed by atoms with van der Waals surface area (Å²) in [6, 6.07) is 7.79. The molecule has 0 unspecified atom stereocenters. The lowest BCUT2D eigenvalue weighted by molar-refractivity contribution is 0.272. The fourth-order valence-electron chi connectivity index (χ4n) is 1.85. The second-order valence-corrected chi connectivity index (χ2v) is 5.73. The molecule has 0 radical (unpaired) electrons. The Hall–Kier alpha value is -1.50. The maximum atomic E-state index is 9.53. The van der Waals surface area contributed by atoms with Crippen LogP contribution in [0.25, 0.3) is 4.96 Å². The number of hydrogen-bond acceptors (Lipinski definition) is 5. The van der Waals surface area contributed by atoms with Gasteiger partial charge in [-0.2, -0.15) is 0 Å². The third kappa shape index (κ3) is 2.22. The number of aromatic nitrogens is 2. The van der Waals surface area contributed by atoms with Crippen LogP contribution in [0.3, 0.4) is 0 Å². The van der Waals surface area contributed by atoms with Crippen LogP contribution < -0.4 is 4.74 Å². The Labute approximate surface area is 118 Å². The molecule has 0 spiro atoms. The van der Waals surface area contributed by atoms with Gasteiger partial charge in [0, 0.05) is 11.6 Å². The lowest BCUT2D eigenvalue weighted by atomic mass is 10.3. The van der Waals surface area contributed by atoms with E-state index in [0.717, 1.165) is 26.3 Å². The minimum Gasteiger partial charge on any atom is -0.496 e. The Morgan fingerprint density at radius 1 is 1.42 bits per heavy atom. The van der Waals surface area contributed by atoms with Crippen LogP contribution in [0.1, 0.15) is 5.69 Å². The van der Waals surface area contributed by atoms with Gasteiger partial charge in [-0.05, 0) is 12.1 Å². The first kappa shape index (κ1) is 12.5. The molecule has 3 rings (SSSR count). The molecule has 0 aliphatic rings. The molecular weight excluding hydrogens is 280 g/mol. The van der Waals surface area contributed by atoms with Crippen molar-refractivity contribution in [3.63, 3.8) is 0 Å². The first-order valence-electron chi connectivity index (χ1n) is 5.69. The van der Waals surface area contributed by atoms with Gasteiger partial charge in [0.05, 0.1) is 24.3 Å². The number of nitrogens with zero attached hydrogens (tertiary/aromatic N) is 2. The van der Waals surface area contributed by atoms with Gasteiger partial charge in [0.25, 0.3) is 0 Å². The highest BCUT2D eigenvalue weighted by Crippen LogP contribution is 2.36. The summed E-state index contributed by atoms with van der Waals surface area (Å²) in [4.78, 5) is 6.42. The van der Waals surface area contributed by atoms with Crippen molar-refractivity contribution >= 4 is 28.1 Å². The molecule has 0 saturated carbocycles. The number of aliphatic hydroxyl groups excluding tert-OH is 1. The Morgan fingerprint density at radius 3 is 3.05 bits per heavy atom. The van der Waals surface area contributed by atoms with E-state index in [4.69, 9.17) is 4.74 Å². The highest BCUT2D eigenvalue weighted by molar-refractivity contribution is 7.99. The molecule has 0 atom stereocenters. The number of rotatable bonds is 4. The average molecular weight is 292 g/mol. The van der Waals surface area contributed by atoms with E-state index in [1.54, 1.807) is 18.4 Å². The summed E-state index contributed by atoms with van der Waals surface area (Å²) in [7, 11) is 1.65. The molecule has 0 amide bonds. The van der Waals surface area contributed by atoms with Gasteiger partial charge in [0.15, 0.2) is 4.96 Å². The maximum Gasteiger partial charge on any atom is 0.195 e. The van der Waals surface area contributed by atoms with Gasteiger partial charge in [-0.15, -0.1) is 11.3 Å². The minimum atomic E-state index is -0.0324. The summed E-state index contributed by atoms with van der Waals surface area (Å²) in [5, 5.41) is 12.3. The summed E-state index contributed by atoms with van der Waals surface area (Å²) in [6.07, 6.45) is 1.92. The number of para-hydroxylation sites is 1. The van der Waals surface area contributed by atoms with E-state index >= 15 is 0 Å². The Morgan fingerprint density at radius 2 is 2.26 bits per heavy atom. The van der Waals surface area contributed by atoms with Crippen molar-refractivity contribution in [2.75, 3.05) is 7.11 Å². The van der Waals surface area contributed by atoms with Gasteiger partial charge in [-0.3, -0.25) is 4.40 Å². The van der Waals surface area contributed by atoms with Gasteiger partial charge >= 0.3 is 0 Å². The SMILES string of the molecule is COc1ccccc1Sc1nc2sccn2c1CO. The van der Waals surface area contributed by atoms with Gasteiger partial charge in [-0.25, -0.2) is 4.98 Å². The number of methoxy groups -OCH3 is 1. The Balaban J connectivity index is 2.02. The molecule has 1 aromatic carbocycles. The van der Waals surface area contributed by atoms with Crippen molar-refractivity contribution in [1.29, 1.82) is 0 Å². The van der Waals surface area contributed by atoms with Crippen molar-refractivity contribution in [3.8, 4) is 5.75 Å². The molecule has 2 heterocycles. The monoisotopic (exact) mass is 292 g/mol. The number of thiazole rings is 1. The zero-order valence-corrected chi connectivity index (χ0v) is 11.9.